The van der Waals surface area contributed by atoms with E-state index < -0.39 is 0 Å². The van der Waals surface area contributed by atoms with Crippen molar-refractivity contribution in [3.8, 4) is 0 Å². The van der Waals surface area contributed by atoms with E-state index in [1.54, 1.807) is 11.1 Å². The van der Waals surface area contributed by atoms with Crippen LogP contribution in [-0.2, 0) is 6.42 Å². The van der Waals surface area contributed by atoms with Crippen molar-refractivity contribution in [2.45, 2.75) is 46.0 Å². The Labute approximate surface area is 105 Å². The second-order valence-corrected chi connectivity index (χ2v) is 5.80. The van der Waals surface area contributed by atoms with E-state index in [9.17, 15) is 0 Å². The SMILES string of the molecule is CC1=Nc2c(C)c(Br)c(C)c3c2C1CCC3. The van der Waals surface area contributed by atoms with E-state index in [0.29, 0.717) is 5.92 Å². The zero-order valence-corrected chi connectivity index (χ0v) is 11.6. The lowest BCUT2D eigenvalue weighted by atomic mass is 9.79. The fourth-order valence-electron chi connectivity index (χ4n) is 3.21. The second-order valence-electron chi connectivity index (χ2n) is 5.00. The third-order valence-electron chi connectivity index (χ3n) is 4.11. The van der Waals surface area contributed by atoms with Gasteiger partial charge in [0.1, 0.15) is 0 Å². The van der Waals surface area contributed by atoms with E-state index >= 15 is 0 Å². The smallest absolute Gasteiger partial charge is 0.0711 e. The van der Waals surface area contributed by atoms with E-state index in [1.807, 2.05) is 0 Å². The average Bonchev–Trinajstić information content (AvgIpc) is 2.63. The van der Waals surface area contributed by atoms with Crippen LogP contribution in [0.1, 0.15) is 47.9 Å². The molecule has 0 amide bonds. The van der Waals surface area contributed by atoms with Crippen molar-refractivity contribution < 1.29 is 0 Å². The molecule has 1 unspecified atom stereocenters. The lowest BCUT2D eigenvalue weighted by molar-refractivity contribution is 0.653. The van der Waals surface area contributed by atoms with Gasteiger partial charge in [0, 0.05) is 16.1 Å². The Kier molecular flexibility index (Phi) is 2.25. The quantitative estimate of drug-likeness (QED) is 0.658. The summed E-state index contributed by atoms with van der Waals surface area (Å²) >= 11 is 3.72. The van der Waals surface area contributed by atoms with Crippen LogP contribution in [-0.4, -0.2) is 5.71 Å². The van der Waals surface area contributed by atoms with Crippen molar-refractivity contribution in [3.63, 3.8) is 0 Å². The maximum atomic E-state index is 4.79. The molecule has 1 aromatic carbocycles. The molecule has 1 aromatic rings. The molecule has 84 valence electrons. The highest BCUT2D eigenvalue weighted by molar-refractivity contribution is 9.10. The Morgan fingerprint density at radius 2 is 1.94 bits per heavy atom. The first-order chi connectivity index (χ1) is 7.61. The average molecular weight is 278 g/mol. The normalized spacial score (nSPS) is 22.0. The number of halogens is 1. The van der Waals surface area contributed by atoms with E-state index in [0.717, 1.165) is 0 Å². The summed E-state index contributed by atoms with van der Waals surface area (Å²) < 4.78 is 1.26. The van der Waals surface area contributed by atoms with Crippen LogP contribution in [0, 0.1) is 13.8 Å². The topological polar surface area (TPSA) is 12.4 Å². The predicted octanol–water partition coefficient (Wildman–Crippen LogP) is 4.59. The molecule has 0 saturated heterocycles. The number of aliphatic imine (C=N–C) groups is 1. The van der Waals surface area contributed by atoms with Crippen LogP contribution in [0.3, 0.4) is 0 Å². The predicted molar refractivity (Wildman–Crippen MR) is 72.1 cm³/mol. The molecule has 0 N–H and O–H groups in total. The van der Waals surface area contributed by atoms with E-state index in [2.05, 4.69) is 36.7 Å². The molecular weight excluding hydrogens is 262 g/mol. The minimum absolute atomic E-state index is 0.615. The third-order valence-corrected chi connectivity index (χ3v) is 5.30. The maximum Gasteiger partial charge on any atom is 0.0711 e. The van der Waals surface area contributed by atoms with Crippen LogP contribution >= 0.6 is 15.9 Å². The zero-order valence-electron chi connectivity index (χ0n) is 10.0. The van der Waals surface area contributed by atoms with Crippen LogP contribution in [0.4, 0.5) is 5.69 Å². The Morgan fingerprint density at radius 3 is 2.69 bits per heavy atom. The van der Waals surface area contributed by atoms with Crippen molar-refractivity contribution >= 4 is 27.3 Å². The molecule has 0 spiro atoms. The summed E-state index contributed by atoms with van der Waals surface area (Å²) in [4.78, 5) is 4.79. The van der Waals surface area contributed by atoms with E-state index in [1.165, 1.54) is 46.3 Å². The molecule has 0 aromatic heterocycles. The van der Waals surface area contributed by atoms with E-state index in [4.69, 9.17) is 4.99 Å². The van der Waals surface area contributed by atoms with Crippen molar-refractivity contribution in [3.05, 3.63) is 26.7 Å². The summed E-state index contributed by atoms with van der Waals surface area (Å²) in [7, 11) is 0. The van der Waals surface area contributed by atoms with Crippen molar-refractivity contribution in [2.24, 2.45) is 4.99 Å². The molecule has 1 aliphatic heterocycles. The monoisotopic (exact) mass is 277 g/mol. The van der Waals surface area contributed by atoms with Gasteiger partial charge in [0.05, 0.1) is 5.69 Å². The van der Waals surface area contributed by atoms with Gasteiger partial charge in [-0.2, -0.15) is 0 Å². The second kappa shape index (κ2) is 3.43. The van der Waals surface area contributed by atoms with Crippen molar-refractivity contribution in [2.75, 3.05) is 0 Å². The highest BCUT2D eigenvalue weighted by Crippen LogP contribution is 2.49. The number of benzene rings is 1. The Balaban J connectivity index is 2.38. The third kappa shape index (κ3) is 1.20. The van der Waals surface area contributed by atoms with Crippen LogP contribution in [0.2, 0.25) is 0 Å². The summed E-state index contributed by atoms with van der Waals surface area (Å²) in [5.41, 5.74) is 8.43. The first kappa shape index (κ1) is 10.5. The molecule has 1 heterocycles. The summed E-state index contributed by atoms with van der Waals surface area (Å²) in [6.07, 6.45) is 3.82. The van der Waals surface area contributed by atoms with Crippen LogP contribution in [0.15, 0.2) is 9.47 Å². The molecule has 16 heavy (non-hydrogen) atoms. The van der Waals surface area contributed by atoms with Gasteiger partial charge in [-0.3, -0.25) is 4.99 Å². The maximum absolute atomic E-state index is 4.79. The minimum atomic E-state index is 0.615. The number of nitrogens with zero attached hydrogens (tertiary/aromatic N) is 1. The molecule has 2 aliphatic rings. The van der Waals surface area contributed by atoms with Crippen molar-refractivity contribution in [1.29, 1.82) is 0 Å². The first-order valence-corrected chi connectivity index (χ1v) is 6.77. The minimum Gasteiger partial charge on any atom is -0.257 e. The largest absolute Gasteiger partial charge is 0.257 e. The van der Waals surface area contributed by atoms with Gasteiger partial charge < -0.3 is 0 Å². The zero-order chi connectivity index (χ0) is 11.4. The van der Waals surface area contributed by atoms with Gasteiger partial charge in [-0.1, -0.05) is 15.9 Å². The Bertz CT molecular complexity index is 514. The van der Waals surface area contributed by atoms with Gasteiger partial charge in [-0.25, -0.2) is 0 Å². The molecule has 1 aliphatic carbocycles. The van der Waals surface area contributed by atoms with Crippen LogP contribution < -0.4 is 0 Å². The molecule has 2 heteroatoms. The van der Waals surface area contributed by atoms with Crippen LogP contribution in [0.25, 0.3) is 0 Å². The molecule has 0 bridgehead atoms. The highest BCUT2D eigenvalue weighted by Gasteiger charge is 2.33. The fourth-order valence-corrected chi connectivity index (χ4v) is 3.63. The number of hydrogen-bond donors (Lipinski definition) is 0. The molecule has 0 fully saturated rings. The lowest BCUT2D eigenvalue weighted by Crippen LogP contribution is -2.14. The fraction of sp³-hybridized carbons (Fsp3) is 0.500. The standard InChI is InChI=1S/C14H16BrN/c1-7-10-5-4-6-11-9(3)16-14(12(10)11)8(2)13(7)15/h11H,4-6H2,1-3H3. The number of hydrogen-bond acceptors (Lipinski definition) is 1. The first-order valence-electron chi connectivity index (χ1n) is 5.98. The summed E-state index contributed by atoms with van der Waals surface area (Å²) in [5.74, 6) is 0.615. The Hall–Kier alpha value is -0.630. The summed E-state index contributed by atoms with van der Waals surface area (Å²) in [6, 6.07) is 0. The van der Waals surface area contributed by atoms with Gasteiger partial charge >= 0.3 is 0 Å². The van der Waals surface area contributed by atoms with Crippen molar-refractivity contribution in [1.82, 2.24) is 0 Å². The molecule has 0 radical (unpaired) electrons. The van der Waals surface area contributed by atoms with Gasteiger partial charge in [0.15, 0.2) is 0 Å². The highest BCUT2D eigenvalue weighted by atomic mass is 79.9. The molecular formula is C14H16BrN. The molecule has 0 saturated carbocycles. The number of rotatable bonds is 0. The molecule has 1 atom stereocenters. The molecule has 1 nitrogen and oxygen atoms in total. The molecule has 3 rings (SSSR count). The van der Waals surface area contributed by atoms with Gasteiger partial charge in [-0.05, 0) is 62.3 Å². The van der Waals surface area contributed by atoms with Gasteiger partial charge in [0.2, 0.25) is 0 Å². The lowest BCUT2D eigenvalue weighted by Gasteiger charge is -2.25. The van der Waals surface area contributed by atoms with E-state index in [-0.39, 0.29) is 0 Å². The van der Waals surface area contributed by atoms with Crippen LogP contribution in [0.5, 0.6) is 0 Å². The summed E-state index contributed by atoms with van der Waals surface area (Å²) in [6.45, 7) is 6.60. The Morgan fingerprint density at radius 1 is 1.19 bits per heavy atom. The van der Waals surface area contributed by atoms with Gasteiger partial charge in [0.25, 0.3) is 0 Å². The summed E-state index contributed by atoms with van der Waals surface area (Å²) in [5, 5.41) is 0. The van der Waals surface area contributed by atoms with Gasteiger partial charge in [-0.15, -0.1) is 0 Å².